The number of methoxy groups -OCH3 is 2. The molecule has 0 saturated heterocycles. The first-order valence-electron chi connectivity index (χ1n) is 8.28. The van der Waals surface area contributed by atoms with Gasteiger partial charge >= 0.3 is 0 Å². The summed E-state index contributed by atoms with van der Waals surface area (Å²) in [5, 5.41) is 0.579. The molecule has 0 saturated carbocycles. The third kappa shape index (κ3) is 4.36. The fraction of sp³-hybridized carbons (Fsp3) is 0.333. The van der Waals surface area contributed by atoms with Gasteiger partial charge in [-0.1, -0.05) is 34.5 Å². The van der Waals surface area contributed by atoms with Crippen LogP contribution in [-0.4, -0.2) is 57.2 Å². The van der Waals surface area contributed by atoms with Gasteiger partial charge in [0.05, 0.1) is 34.3 Å². The number of thiophene rings is 1. The molecule has 0 aliphatic carbocycles. The second-order valence-electron chi connectivity index (χ2n) is 6.17. The molecule has 0 aliphatic heterocycles. The number of aromatic nitrogens is 1. The van der Waals surface area contributed by atoms with Crippen LogP contribution in [0, 0.1) is 0 Å². The SMILES string of the molecule is COc1cc2nc(N(CCN(C)C)C(=O)c3cc(Cl)sc3Cl)sc2cc1OC. The molecule has 28 heavy (non-hydrogen) atoms. The predicted molar refractivity (Wildman–Crippen MR) is 117 cm³/mol. The van der Waals surface area contributed by atoms with Crippen molar-refractivity contribution in [2.75, 3.05) is 46.3 Å². The van der Waals surface area contributed by atoms with E-state index < -0.39 is 0 Å². The molecule has 10 heteroatoms. The monoisotopic (exact) mass is 459 g/mol. The van der Waals surface area contributed by atoms with Gasteiger partial charge in [0.15, 0.2) is 16.6 Å². The molecular weight excluding hydrogens is 441 g/mol. The van der Waals surface area contributed by atoms with E-state index in [0.717, 1.165) is 10.2 Å². The average Bonchev–Trinajstić information content (AvgIpc) is 3.21. The number of benzene rings is 1. The molecule has 0 aliphatic rings. The van der Waals surface area contributed by atoms with Gasteiger partial charge in [-0.25, -0.2) is 4.98 Å². The minimum Gasteiger partial charge on any atom is -0.493 e. The molecule has 0 N–H and O–H groups in total. The van der Waals surface area contributed by atoms with Gasteiger partial charge in [-0.15, -0.1) is 11.3 Å². The van der Waals surface area contributed by atoms with Crippen molar-refractivity contribution in [2.24, 2.45) is 0 Å². The Hall–Kier alpha value is -1.58. The van der Waals surface area contributed by atoms with E-state index >= 15 is 0 Å². The van der Waals surface area contributed by atoms with Crippen molar-refractivity contribution >= 4 is 67.1 Å². The van der Waals surface area contributed by atoms with Crippen LogP contribution >= 0.6 is 45.9 Å². The van der Waals surface area contributed by atoms with E-state index in [0.29, 0.717) is 44.0 Å². The number of rotatable bonds is 7. The van der Waals surface area contributed by atoms with Crippen molar-refractivity contribution in [3.63, 3.8) is 0 Å². The van der Waals surface area contributed by atoms with Crippen LogP contribution in [0.4, 0.5) is 5.13 Å². The van der Waals surface area contributed by atoms with Crippen LogP contribution < -0.4 is 14.4 Å². The fourth-order valence-electron chi connectivity index (χ4n) is 2.57. The number of thiazole rings is 1. The highest BCUT2D eigenvalue weighted by Crippen LogP contribution is 2.38. The van der Waals surface area contributed by atoms with Crippen molar-refractivity contribution in [2.45, 2.75) is 0 Å². The van der Waals surface area contributed by atoms with Crippen molar-refractivity contribution in [3.05, 3.63) is 32.4 Å². The molecule has 1 amide bonds. The number of fused-ring (bicyclic) bond motifs is 1. The van der Waals surface area contributed by atoms with Crippen LogP contribution in [-0.2, 0) is 0 Å². The molecule has 0 radical (unpaired) electrons. The molecule has 3 rings (SSSR count). The Kier molecular flexibility index (Phi) is 6.67. The van der Waals surface area contributed by atoms with Gasteiger partial charge in [0.25, 0.3) is 5.91 Å². The minimum absolute atomic E-state index is 0.229. The number of hydrogen-bond acceptors (Lipinski definition) is 7. The molecule has 0 atom stereocenters. The summed E-state index contributed by atoms with van der Waals surface area (Å²) in [6.45, 7) is 1.13. The topological polar surface area (TPSA) is 54.9 Å². The number of likely N-dealkylation sites (N-methyl/N-ethyl adjacent to an activating group) is 1. The zero-order valence-corrected chi connectivity index (χ0v) is 18.9. The summed E-state index contributed by atoms with van der Waals surface area (Å²) in [6.07, 6.45) is 0. The Bertz CT molecular complexity index is 963. The van der Waals surface area contributed by atoms with Crippen LogP contribution in [0.5, 0.6) is 11.5 Å². The molecule has 1 aromatic carbocycles. The van der Waals surface area contributed by atoms with E-state index in [1.807, 2.05) is 25.1 Å². The van der Waals surface area contributed by atoms with Gasteiger partial charge in [0.1, 0.15) is 4.34 Å². The number of anilines is 1. The van der Waals surface area contributed by atoms with Gasteiger partial charge in [0.2, 0.25) is 0 Å². The molecule has 3 aromatic rings. The van der Waals surface area contributed by atoms with Crippen molar-refractivity contribution in [1.29, 1.82) is 0 Å². The zero-order chi connectivity index (χ0) is 20.4. The Morgan fingerprint density at radius 2 is 1.75 bits per heavy atom. The number of halogens is 2. The van der Waals surface area contributed by atoms with E-state index in [4.69, 9.17) is 32.7 Å². The number of nitrogens with zero attached hydrogens (tertiary/aromatic N) is 3. The third-order valence-electron chi connectivity index (χ3n) is 4.02. The summed E-state index contributed by atoms with van der Waals surface area (Å²) in [6, 6.07) is 5.26. The van der Waals surface area contributed by atoms with Crippen LogP contribution in [0.25, 0.3) is 10.2 Å². The standard InChI is InChI=1S/C18H19Cl2N3O3S2/c1-22(2)5-6-23(17(24)10-7-15(19)28-16(10)20)18-21-11-8-12(25-3)13(26-4)9-14(11)27-18/h7-9H,5-6H2,1-4H3. The Morgan fingerprint density at radius 1 is 1.07 bits per heavy atom. The van der Waals surface area contributed by atoms with Gasteiger partial charge in [-0.3, -0.25) is 9.69 Å². The largest absolute Gasteiger partial charge is 0.493 e. The molecule has 0 unspecified atom stereocenters. The lowest BCUT2D eigenvalue weighted by atomic mass is 10.3. The lowest BCUT2D eigenvalue weighted by Crippen LogP contribution is -2.36. The van der Waals surface area contributed by atoms with Crippen LogP contribution in [0.1, 0.15) is 10.4 Å². The Balaban J connectivity index is 2.04. The quantitative estimate of drug-likeness (QED) is 0.503. The number of hydrogen-bond donors (Lipinski definition) is 0. The first kappa shape index (κ1) is 21.1. The minimum atomic E-state index is -0.229. The normalized spacial score (nSPS) is 11.2. The highest BCUT2D eigenvalue weighted by Gasteiger charge is 2.25. The van der Waals surface area contributed by atoms with E-state index in [1.165, 1.54) is 22.7 Å². The average molecular weight is 460 g/mol. The van der Waals surface area contributed by atoms with Gasteiger partial charge in [-0.05, 0) is 20.2 Å². The molecule has 0 spiro atoms. The van der Waals surface area contributed by atoms with Crippen molar-refractivity contribution in [3.8, 4) is 11.5 Å². The van der Waals surface area contributed by atoms with Crippen molar-refractivity contribution in [1.82, 2.24) is 9.88 Å². The number of carbonyl (C=O) groups is 1. The lowest BCUT2D eigenvalue weighted by molar-refractivity contribution is 0.0986. The van der Waals surface area contributed by atoms with E-state index in [1.54, 1.807) is 31.3 Å². The third-order valence-corrected chi connectivity index (χ3v) is 6.55. The van der Waals surface area contributed by atoms with Gasteiger partial charge < -0.3 is 14.4 Å². The second-order valence-corrected chi connectivity index (χ2v) is 9.46. The molecule has 150 valence electrons. The fourth-order valence-corrected chi connectivity index (χ4v) is 5.02. The Labute approximate surface area is 181 Å². The maximum atomic E-state index is 13.2. The summed E-state index contributed by atoms with van der Waals surface area (Å²) < 4.78 is 12.4. The maximum absolute atomic E-state index is 13.2. The molecule has 6 nitrogen and oxygen atoms in total. The molecular formula is C18H19Cl2N3O3S2. The number of ether oxygens (including phenoxy) is 2. The molecule has 2 aromatic heterocycles. The van der Waals surface area contributed by atoms with E-state index in [2.05, 4.69) is 4.98 Å². The first-order valence-corrected chi connectivity index (χ1v) is 10.7. The van der Waals surface area contributed by atoms with Crippen LogP contribution in [0.3, 0.4) is 0 Å². The van der Waals surface area contributed by atoms with Gasteiger partial charge in [0, 0.05) is 25.2 Å². The number of amides is 1. The second kappa shape index (κ2) is 8.84. The Morgan fingerprint density at radius 3 is 2.32 bits per heavy atom. The smallest absolute Gasteiger partial charge is 0.262 e. The van der Waals surface area contributed by atoms with E-state index in [-0.39, 0.29) is 5.91 Å². The summed E-state index contributed by atoms with van der Waals surface area (Å²) in [7, 11) is 7.06. The lowest BCUT2D eigenvalue weighted by Gasteiger charge is -2.21. The summed E-state index contributed by atoms with van der Waals surface area (Å²) in [5.74, 6) is 0.975. The summed E-state index contributed by atoms with van der Waals surface area (Å²) >= 11 is 14.8. The molecule has 2 heterocycles. The maximum Gasteiger partial charge on any atom is 0.262 e. The zero-order valence-electron chi connectivity index (χ0n) is 15.8. The molecule has 0 bridgehead atoms. The van der Waals surface area contributed by atoms with Crippen molar-refractivity contribution < 1.29 is 14.3 Å². The highest BCUT2D eigenvalue weighted by molar-refractivity contribution is 7.22. The van der Waals surface area contributed by atoms with Crippen LogP contribution in [0.2, 0.25) is 8.67 Å². The predicted octanol–water partition coefficient (Wildman–Crippen LogP) is 4.89. The van der Waals surface area contributed by atoms with Crippen LogP contribution in [0.15, 0.2) is 18.2 Å². The van der Waals surface area contributed by atoms with E-state index in [9.17, 15) is 4.79 Å². The highest BCUT2D eigenvalue weighted by atomic mass is 35.5. The molecule has 0 fully saturated rings. The number of carbonyl (C=O) groups excluding carboxylic acids is 1. The first-order chi connectivity index (χ1) is 13.3. The summed E-state index contributed by atoms with van der Waals surface area (Å²) in [5.41, 5.74) is 1.11. The summed E-state index contributed by atoms with van der Waals surface area (Å²) in [4.78, 5) is 21.5. The van der Waals surface area contributed by atoms with Gasteiger partial charge in [-0.2, -0.15) is 0 Å².